The van der Waals surface area contributed by atoms with Crippen molar-refractivity contribution in [3.8, 4) is 10.6 Å². The molecule has 9 heteroatoms. The summed E-state index contributed by atoms with van der Waals surface area (Å²) in [6.07, 6.45) is 5.50. The third-order valence-electron chi connectivity index (χ3n) is 6.02. The number of pyridine rings is 2. The van der Waals surface area contributed by atoms with E-state index in [9.17, 15) is 9.90 Å². The summed E-state index contributed by atoms with van der Waals surface area (Å²) in [5.74, 6) is 0.856. The first kappa shape index (κ1) is 23.4. The highest BCUT2D eigenvalue weighted by Gasteiger charge is 2.39. The highest BCUT2D eigenvalue weighted by atomic mass is 35.5. The number of aliphatic hydroxyl groups is 1. The van der Waals surface area contributed by atoms with E-state index in [0.717, 1.165) is 40.1 Å². The molecular weight excluding hydrogens is 484 g/mol. The van der Waals surface area contributed by atoms with Crippen LogP contribution >= 0.6 is 22.9 Å². The second kappa shape index (κ2) is 9.37. The molecule has 1 atom stereocenters. The van der Waals surface area contributed by atoms with Gasteiger partial charge < -0.3 is 15.2 Å². The van der Waals surface area contributed by atoms with Gasteiger partial charge in [-0.15, -0.1) is 11.3 Å². The van der Waals surface area contributed by atoms with Crippen molar-refractivity contribution >= 4 is 40.5 Å². The first-order chi connectivity index (χ1) is 16.9. The zero-order valence-corrected chi connectivity index (χ0v) is 20.8. The first-order valence-electron chi connectivity index (χ1n) is 11.1. The summed E-state index contributed by atoms with van der Waals surface area (Å²) in [5.41, 5.74) is 2.75. The zero-order valence-electron chi connectivity index (χ0n) is 19.2. The number of carbonyl (C=O) groups is 1. The molecule has 3 aromatic heterocycles. The van der Waals surface area contributed by atoms with Gasteiger partial charge in [0, 0.05) is 17.4 Å². The molecule has 7 nitrogen and oxygen atoms in total. The van der Waals surface area contributed by atoms with Crippen molar-refractivity contribution in [1.82, 2.24) is 15.0 Å². The van der Waals surface area contributed by atoms with Gasteiger partial charge in [-0.05, 0) is 79.3 Å². The minimum absolute atomic E-state index is 0.388. The standard InChI is InChI=1S/C26H23ClN4O3S/c1-15-10-20(30-23(11-15)31-22-13-18(27)7-9-28-22)21-14-29-25(35-21)26(33)8-3-4-16-12-17(24(32)34-2)5-6-19(16)26/h5-7,9-14,33H,3-4,8H2,1-2H3,(H,28,30,31). The molecule has 1 aliphatic rings. The van der Waals surface area contributed by atoms with E-state index in [1.807, 2.05) is 31.2 Å². The molecule has 1 unspecified atom stereocenters. The molecule has 0 bridgehead atoms. The third kappa shape index (κ3) is 4.65. The Morgan fingerprint density at radius 2 is 2.03 bits per heavy atom. The van der Waals surface area contributed by atoms with E-state index in [1.54, 1.807) is 30.6 Å². The lowest BCUT2D eigenvalue weighted by atomic mass is 9.79. The molecular formula is C26H23ClN4O3S. The van der Waals surface area contributed by atoms with Gasteiger partial charge in [-0.1, -0.05) is 17.7 Å². The molecule has 0 spiro atoms. The third-order valence-corrected chi connectivity index (χ3v) is 7.42. The summed E-state index contributed by atoms with van der Waals surface area (Å²) in [4.78, 5) is 26.4. The molecule has 0 radical (unpaired) electrons. The van der Waals surface area contributed by atoms with Gasteiger partial charge in [-0.25, -0.2) is 19.7 Å². The smallest absolute Gasteiger partial charge is 0.337 e. The zero-order chi connectivity index (χ0) is 24.6. The SMILES string of the molecule is COC(=O)c1ccc2c(c1)CCCC2(O)c1ncc(-c2cc(C)cc(Nc3cc(Cl)ccn3)n2)s1. The Labute approximate surface area is 211 Å². The van der Waals surface area contributed by atoms with Crippen molar-refractivity contribution in [2.45, 2.75) is 31.8 Å². The van der Waals surface area contributed by atoms with Crippen molar-refractivity contribution in [2.24, 2.45) is 0 Å². The van der Waals surface area contributed by atoms with Crippen molar-refractivity contribution < 1.29 is 14.6 Å². The molecule has 35 heavy (non-hydrogen) atoms. The number of thiazole rings is 1. The number of hydrogen-bond acceptors (Lipinski definition) is 8. The maximum absolute atomic E-state index is 12.0. The second-order valence-corrected chi connectivity index (χ2v) is 9.97. The molecule has 0 aliphatic heterocycles. The van der Waals surface area contributed by atoms with Crippen molar-refractivity contribution in [2.75, 3.05) is 12.4 Å². The minimum atomic E-state index is -1.22. The van der Waals surface area contributed by atoms with Gasteiger partial charge in [-0.2, -0.15) is 0 Å². The van der Waals surface area contributed by atoms with Crippen LogP contribution in [0.1, 0.15) is 44.9 Å². The Bertz CT molecular complexity index is 1420. The largest absolute Gasteiger partial charge is 0.465 e. The van der Waals surface area contributed by atoms with Crippen molar-refractivity contribution in [3.05, 3.63) is 87.1 Å². The van der Waals surface area contributed by atoms with E-state index in [-0.39, 0.29) is 5.97 Å². The fourth-order valence-corrected chi connectivity index (χ4v) is 5.55. The summed E-state index contributed by atoms with van der Waals surface area (Å²) < 4.78 is 4.84. The molecule has 1 aliphatic carbocycles. The lowest BCUT2D eigenvalue weighted by Gasteiger charge is -2.33. The number of fused-ring (bicyclic) bond motifs is 1. The number of nitrogens with zero attached hydrogens (tertiary/aromatic N) is 3. The number of rotatable bonds is 5. The number of halogens is 1. The van der Waals surface area contributed by atoms with Crippen LogP contribution < -0.4 is 5.32 Å². The van der Waals surface area contributed by atoms with E-state index >= 15 is 0 Å². The average molecular weight is 507 g/mol. The first-order valence-corrected chi connectivity index (χ1v) is 12.3. The van der Waals surface area contributed by atoms with Gasteiger partial charge in [0.05, 0.1) is 23.2 Å². The van der Waals surface area contributed by atoms with Crippen molar-refractivity contribution in [1.29, 1.82) is 0 Å². The number of carbonyl (C=O) groups excluding carboxylic acids is 1. The van der Waals surface area contributed by atoms with E-state index in [0.29, 0.717) is 33.7 Å². The van der Waals surface area contributed by atoms with E-state index in [2.05, 4.69) is 15.3 Å². The number of methoxy groups -OCH3 is 1. The number of aromatic nitrogens is 3. The molecule has 0 fully saturated rings. The number of anilines is 2. The topological polar surface area (TPSA) is 97.2 Å². The number of hydrogen-bond donors (Lipinski definition) is 2. The Morgan fingerprint density at radius 1 is 1.17 bits per heavy atom. The van der Waals surface area contributed by atoms with Crippen LogP contribution in [0.15, 0.2) is 54.9 Å². The fraction of sp³-hybridized carbons (Fsp3) is 0.231. The number of nitrogens with one attached hydrogen (secondary N) is 1. The fourth-order valence-electron chi connectivity index (χ4n) is 4.39. The summed E-state index contributed by atoms with van der Waals surface area (Å²) >= 11 is 7.49. The van der Waals surface area contributed by atoms with Crippen LogP contribution in [-0.2, 0) is 16.8 Å². The molecule has 0 amide bonds. The van der Waals surface area contributed by atoms with Crippen LogP contribution in [0, 0.1) is 6.92 Å². The van der Waals surface area contributed by atoms with Gasteiger partial charge >= 0.3 is 5.97 Å². The Morgan fingerprint density at radius 3 is 2.83 bits per heavy atom. The Kier molecular flexibility index (Phi) is 6.27. The molecule has 0 saturated carbocycles. The van der Waals surface area contributed by atoms with E-state index in [4.69, 9.17) is 21.3 Å². The molecule has 2 N–H and O–H groups in total. The summed E-state index contributed by atoms with van der Waals surface area (Å²) in [7, 11) is 1.36. The van der Waals surface area contributed by atoms with Gasteiger partial charge in [-0.3, -0.25) is 0 Å². The van der Waals surface area contributed by atoms with Crippen LogP contribution in [0.4, 0.5) is 11.6 Å². The minimum Gasteiger partial charge on any atom is -0.465 e. The van der Waals surface area contributed by atoms with Gasteiger partial charge in [0.1, 0.15) is 22.2 Å². The molecule has 0 saturated heterocycles. The highest BCUT2D eigenvalue weighted by molar-refractivity contribution is 7.15. The predicted octanol–water partition coefficient (Wildman–Crippen LogP) is 5.66. The number of aryl methyl sites for hydroxylation is 2. The summed E-state index contributed by atoms with van der Waals surface area (Å²) in [6.45, 7) is 1.99. The predicted molar refractivity (Wildman–Crippen MR) is 136 cm³/mol. The van der Waals surface area contributed by atoms with Crippen LogP contribution in [-0.4, -0.2) is 33.1 Å². The number of esters is 1. The Hall–Kier alpha value is -3.33. The molecule has 1 aromatic carbocycles. The van der Waals surface area contributed by atoms with E-state index in [1.165, 1.54) is 18.4 Å². The van der Waals surface area contributed by atoms with Crippen LogP contribution in [0.5, 0.6) is 0 Å². The van der Waals surface area contributed by atoms with Gasteiger partial charge in [0.15, 0.2) is 0 Å². The molecule has 5 rings (SSSR count). The quantitative estimate of drug-likeness (QED) is 0.337. The number of ether oxygens (including phenoxy) is 1. The molecule has 178 valence electrons. The lowest BCUT2D eigenvalue weighted by molar-refractivity contribution is 0.0583. The van der Waals surface area contributed by atoms with Gasteiger partial charge in [0.2, 0.25) is 0 Å². The number of benzene rings is 1. The van der Waals surface area contributed by atoms with Crippen LogP contribution in [0.3, 0.4) is 0 Å². The molecule has 4 aromatic rings. The van der Waals surface area contributed by atoms with Crippen LogP contribution in [0.25, 0.3) is 10.6 Å². The summed E-state index contributed by atoms with van der Waals surface area (Å²) in [5, 5.41) is 16.1. The monoisotopic (exact) mass is 506 g/mol. The summed E-state index contributed by atoms with van der Waals surface area (Å²) in [6, 6.07) is 12.7. The lowest BCUT2D eigenvalue weighted by Crippen LogP contribution is -2.32. The van der Waals surface area contributed by atoms with E-state index < -0.39 is 5.60 Å². The maximum Gasteiger partial charge on any atom is 0.337 e. The second-order valence-electron chi connectivity index (χ2n) is 8.51. The highest BCUT2D eigenvalue weighted by Crippen LogP contribution is 2.43. The average Bonchev–Trinajstić information content (AvgIpc) is 3.34. The Balaban J connectivity index is 1.47. The molecule has 3 heterocycles. The van der Waals surface area contributed by atoms with Crippen LogP contribution in [0.2, 0.25) is 5.02 Å². The normalized spacial score (nSPS) is 17.0. The van der Waals surface area contributed by atoms with Crippen molar-refractivity contribution in [3.63, 3.8) is 0 Å². The van der Waals surface area contributed by atoms with Gasteiger partial charge in [0.25, 0.3) is 0 Å². The maximum atomic E-state index is 12.0.